The molecule has 0 spiro atoms. The van der Waals surface area contributed by atoms with Crippen molar-refractivity contribution >= 4 is 47.6 Å². The van der Waals surface area contributed by atoms with Crippen LogP contribution in [-0.4, -0.2) is 44.2 Å². The Kier molecular flexibility index (Phi) is 6.14. The summed E-state index contributed by atoms with van der Waals surface area (Å²) >= 11 is 2.20. The van der Waals surface area contributed by atoms with Crippen molar-refractivity contribution in [3.8, 4) is 0 Å². The second kappa shape index (κ2) is 8.35. The monoisotopic (exact) mass is 483 g/mol. The molecule has 1 N–H and O–H groups in total. The summed E-state index contributed by atoms with van der Waals surface area (Å²) in [7, 11) is -1.10. The van der Waals surface area contributed by atoms with Crippen LogP contribution in [0.2, 0.25) is 25.7 Å². The summed E-state index contributed by atoms with van der Waals surface area (Å²) in [4.78, 5) is 21.4. The van der Waals surface area contributed by atoms with Crippen LogP contribution in [0.3, 0.4) is 0 Å². The molecule has 0 aliphatic rings. The number of halogens is 1. The lowest BCUT2D eigenvalue weighted by molar-refractivity contribution is 0.0878. The Labute approximate surface area is 167 Å². The Balaban J connectivity index is 1.72. The third-order valence-electron chi connectivity index (χ3n) is 3.78. The van der Waals surface area contributed by atoms with E-state index in [0.717, 1.165) is 33.2 Å². The predicted molar refractivity (Wildman–Crippen MR) is 112 cm³/mol. The van der Waals surface area contributed by atoms with Crippen LogP contribution in [0.5, 0.6) is 0 Å². The molecule has 3 aromatic rings. The van der Waals surface area contributed by atoms with Crippen molar-refractivity contribution in [2.24, 2.45) is 0 Å². The van der Waals surface area contributed by atoms with E-state index >= 15 is 0 Å². The minimum atomic E-state index is -1.10. The van der Waals surface area contributed by atoms with E-state index in [9.17, 15) is 0 Å². The topological polar surface area (TPSA) is 90.6 Å². The lowest BCUT2D eigenvalue weighted by Crippen LogP contribution is -2.22. The zero-order valence-electron chi connectivity index (χ0n) is 15.1. The molecule has 3 heterocycles. The number of hydrogen-bond donors (Lipinski definition) is 1. The molecule has 3 aromatic heterocycles. The molecule has 138 valence electrons. The molecular weight excluding hydrogens is 461 g/mol. The summed E-state index contributed by atoms with van der Waals surface area (Å²) in [6, 6.07) is 1.14. The number of imidazole rings is 1. The number of anilines is 1. The van der Waals surface area contributed by atoms with Gasteiger partial charge in [-0.25, -0.2) is 24.9 Å². The second-order valence-corrected chi connectivity index (χ2v) is 13.7. The SMILES string of the molecule is C[Si](C)(C)CCOCn1c(I)nc2c(NCc3cncnc3)ncnc21. The number of hydrogen-bond acceptors (Lipinski definition) is 7. The van der Waals surface area contributed by atoms with E-state index in [0.29, 0.717) is 19.1 Å². The van der Waals surface area contributed by atoms with E-state index in [-0.39, 0.29) is 0 Å². The molecule has 26 heavy (non-hydrogen) atoms. The van der Waals surface area contributed by atoms with Gasteiger partial charge in [0.05, 0.1) is 0 Å². The Hall–Kier alpha value is -1.66. The molecule has 0 unspecified atom stereocenters. The molecule has 0 saturated heterocycles. The van der Waals surface area contributed by atoms with Crippen LogP contribution >= 0.6 is 22.6 Å². The number of fused-ring (bicyclic) bond motifs is 1. The lowest BCUT2D eigenvalue weighted by Gasteiger charge is -2.15. The first-order valence-electron chi connectivity index (χ1n) is 8.36. The molecule has 0 aromatic carbocycles. The minimum Gasteiger partial charge on any atom is -0.364 e. The predicted octanol–water partition coefficient (Wildman–Crippen LogP) is 3.15. The molecular formula is C16H22IN7OSi. The van der Waals surface area contributed by atoms with Crippen LogP contribution in [0.1, 0.15) is 5.56 Å². The van der Waals surface area contributed by atoms with Crippen LogP contribution in [0.25, 0.3) is 11.2 Å². The van der Waals surface area contributed by atoms with Gasteiger partial charge in [-0.05, 0) is 6.04 Å². The maximum Gasteiger partial charge on any atom is 0.175 e. The highest BCUT2D eigenvalue weighted by Gasteiger charge is 2.16. The molecule has 0 aliphatic heterocycles. The van der Waals surface area contributed by atoms with Gasteiger partial charge in [0, 0.05) is 61.8 Å². The summed E-state index contributed by atoms with van der Waals surface area (Å²) in [5, 5.41) is 3.29. The van der Waals surface area contributed by atoms with Crippen LogP contribution in [0.15, 0.2) is 25.0 Å². The molecule has 0 saturated carbocycles. The van der Waals surface area contributed by atoms with Gasteiger partial charge < -0.3 is 10.1 Å². The van der Waals surface area contributed by atoms with Gasteiger partial charge in [0.1, 0.15) is 19.4 Å². The zero-order chi connectivity index (χ0) is 18.6. The van der Waals surface area contributed by atoms with Gasteiger partial charge in [-0.1, -0.05) is 19.6 Å². The van der Waals surface area contributed by atoms with Crippen LogP contribution < -0.4 is 5.32 Å². The van der Waals surface area contributed by atoms with Crippen LogP contribution in [-0.2, 0) is 18.0 Å². The summed E-state index contributed by atoms with van der Waals surface area (Å²) in [6.07, 6.45) is 6.60. The van der Waals surface area contributed by atoms with Gasteiger partial charge in [-0.2, -0.15) is 0 Å². The third-order valence-corrected chi connectivity index (χ3v) is 6.30. The fraction of sp³-hybridized carbons (Fsp3) is 0.438. The van der Waals surface area contributed by atoms with Crippen LogP contribution in [0.4, 0.5) is 5.82 Å². The van der Waals surface area contributed by atoms with E-state index in [1.54, 1.807) is 18.7 Å². The van der Waals surface area contributed by atoms with E-state index in [1.165, 1.54) is 6.33 Å². The highest BCUT2D eigenvalue weighted by atomic mass is 127. The molecule has 0 bridgehead atoms. The number of rotatable bonds is 8. The van der Waals surface area contributed by atoms with Gasteiger partial charge in [0.15, 0.2) is 20.8 Å². The smallest absolute Gasteiger partial charge is 0.175 e. The lowest BCUT2D eigenvalue weighted by atomic mass is 10.3. The Morgan fingerprint density at radius 2 is 1.92 bits per heavy atom. The first kappa shape index (κ1) is 19.1. The fourth-order valence-corrected chi connectivity index (χ4v) is 3.66. The average Bonchev–Trinajstić information content (AvgIpc) is 2.93. The molecule has 10 heteroatoms. The molecule has 0 radical (unpaired) electrons. The Bertz CT molecular complexity index is 866. The number of aromatic nitrogens is 6. The van der Waals surface area contributed by atoms with E-state index in [2.05, 4.69) is 72.5 Å². The van der Waals surface area contributed by atoms with Crippen molar-refractivity contribution in [3.05, 3.63) is 34.4 Å². The normalized spacial score (nSPS) is 11.8. The maximum atomic E-state index is 5.87. The zero-order valence-corrected chi connectivity index (χ0v) is 18.3. The number of ether oxygens (including phenoxy) is 1. The van der Waals surface area contributed by atoms with Crippen LogP contribution in [0, 0.1) is 3.83 Å². The molecule has 3 rings (SSSR count). The quantitative estimate of drug-likeness (QED) is 0.228. The minimum absolute atomic E-state index is 0.447. The van der Waals surface area contributed by atoms with Gasteiger partial charge >= 0.3 is 0 Å². The first-order valence-corrected chi connectivity index (χ1v) is 13.1. The van der Waals surface area contributed by atoms with Gasteiger partial charge in [-0.15, -0.1) is 0 Å². The number of nitrogens with zero attached hydrogens (tertiary/aromatic N) is 6. The average molecular weight is 483 g/mol. The fourth-order valence-electron chi connectivity index (χ4n) is 2.29. The molecule has 8 nitrogen and oxygen atoms in total. The third kappa shape index (κ3) is 4.95. The first-order chi connectivity index (χ1) is 12.4. The van der Waals surface area contributed by atoms with Crippen molar-refractivity contribution in [2.75, 3.05) is 11.9 Å². The summed E-state index contributed by atoms with van der Waals surface area (Å²) in [5.74, 6) is 0.692. The van der Waals surface area contributed by atoms with Crippen molar-refractivity contribution in [1.29, 1.82) is 0 Å². The molecule has 0 atom stereocenters. The van der Waals surface area contributed by atoms with Gasteiger partial charge in [-0.3, -0.25) is 4.57 Å². The highest BCUT2D eigenvalue weighted by molar-refractivity contribution is 14.1. The number of nitrogens with one attached hydrogen (secondary N) is 1. The van der Waals surface area contributed by atoms with Crippen molar-refractivity contribution in [2.45, 2.75) is 39.0 Å². The Morgan fingerprint density at radius 3 is 2.65 bits per heavy atom. The van der Waals surface area contributed by atoms with Crippen molar-refractivity contribution < 1.29 is 4.74 Å². The van der Waals surface area contributed by atoms with E-state index < -0.39 is 8.07 Å². The maximum absolute atomic E-state index is 5.87. The largest absolute Gasteiger partial charge is 0.364 e. The van der Waals surface area contributed by atoms with E-state index in [4.69, 9.17) is 4.74 Å². The summed E-state index contributed by atoms with van der Waals surface area (Å²) in [5.41, 5.74) is 2.48. The van der Waals surface area contributed by atoms with Gasteiger partial charge in [0.25, 0.3) is 0 Å². The molecule has 0 amide bonds. The van der Waals surface area contributed by atoms with E-state index in [1.807, 2.05) is 4.57 Å². The standard InChI is InChI=1S/C16H22IN7OSi/c1-26(2,3)5-4-25-11-24-15-13(23-16(24)17)14(21-10-22-15)20-8-12-6-18-9-19-7-12/h6-7,9-10H,4-5,8,11H2,1-3H3,(H,20,21,22). The summed E-state index contributed by atoms with van der Waals surface area (Å²) < 4.78 is 8.67. The second-order valence-electron chi connectivity index (χ2n) is 7.15. The summed E-state index contributed by atoms with van der Waals surface area (Å²) in [6.45, 7) is 8.81. The van der Waals surface area contributed by atoms with Crippen molar-refractivity contribution in [1.82, 2.24) is 29.5 Å². The Morgan fingerprint density at radius 1 is 1.15 bits per heavy atom. The molecule has 0 aliphatic carbocycles. The van der Waals surface area contributed by atoms with Crippen molar-refractivity contribution in [3.63, 3.8) is 0 Å². The molecule has 0 fully saturated rings. The van der Waals surface area contributed by atoms with Gasteiger partial charge in [0.2, 0.25) is 0 Å². The highest BCUT2D eigenvalue weighted by Crippen LogP contribution is 2.22.